The monoisotopic (exact) mass is 623 g/mol. The number of hydrogen-bond donors (Lipinski definition) is 2. The molecule has 0 amide bonds. The van der Waals surface area contributed by atoms with Gasteiger partial charge in [-0.15, -0.1) is 0 Å². The minimum absolute atomic E-state index is 0.0925. The van der Waals surface area contributed by atoms with Crippen LogP contribution < -0.4 is 16.2 Å². The number of nitrogens with one attached hydrogen (secondary N) is 1. The Morgan fingerprint density at radius 2 is 1.65 bits per heavy atom. The van der Waals surface area contributed by atoms with Gasteiger partial charge < -0.3 is 9.84 Å². The lowest BCUT2D eigenvalue weighted by Crippen LogP contribution is -2.42. The third-order valence-electron chi connectivity index (χ3n) is 10.6. The zero-order valence-corrected chi connectivity index (χ0v) is 27.0. The van der Waals surface area contributed by atoms with Gasteiger partial charge in [0.1, 0.15) is 5.92 Å². The predicted molar refractivity (Wildman–Crippen MR) is 173 cm³/mol. The number of ether oxygens (including phenoxy) is 1. The molecule has 11 heteroatoms. The van der Waals surface area contributed by atoms with Gasteiger partial charge in [0, 0.05) is 58.3 Å². The van der Waals surface area contributed by atoms with Crippen molar-refractivity contribution in [3.05, 3.63) is 55.7 Å². The summed E-state index contributed by atoms with van der Waals surface area (Å²) >= 11 is 0. The van der Waals surface area contributed by atoms with E-state index in [1.807, 2.05) is 48.4 Å². The van der Waals surface area contributed by atoms with Crippen LogP contribution in [0.3, 0.4) is 0 Å². The fourth-order valence-electron chi connectivity index (χ4n) is 8.19. The lowest BCUT2D eigenvalue weighted by molar-refractivity contribution is -0.142. The number of hydrogen-bond acceptors (Lipinski definition) is 8. The van der Waals surface area contributed by atoms with Crippen LogP contribution in [0.5, 0.6) is 0 Å². The molecule has 46 heavy (non-hydrogen) atoms. The van der Waals surface area contributed by atoms with Crippen molar-refractivity contribution < 1.29 is 29.0 Å². The van der Waals surface area contributed by atoms with Crippen LogP contribution in [0.4, 0.5) is 0 Å². The first kappa shape index (κ1) is 29.9. The first-order valence-electron chi connectivity index (χ1n) is 15.8. The Kier molecular flexibility index (Phi) is 6.73. The minimum atomic E-state index is -1.25. The maximum atomic E-state index is 14.4. The predicted octanol–water partition coefficient (Wildman–Crippen LogP) is 3.43. The molecule has 0 aromatic carbocycles. The normalized spacial score (nSPS) is 25.2. The van der Waals surface area contributed by atoms with Crippen molar-refractivity contribution in [3.63, 3.8) is 0 Å². The van der Waals surface area contributed by atoms with Crippen LogP contribution in [0.2, 0.25) is 0 Å². The third-order valence-corrected chi connectivity index (χ3v) is 10.6. The summed E-state index contributed by atoms with van der Waals surface area (Å²) in [5, 5.41) is 10.9. The van der Waals surface area contributed by atoms with Gasteiger partial charge >= 0.3 is 11.9 Å². The fourth-order valence-corrected chi connectivity index (χ4v) is 8.19. The number of carbonyl (C=O) groups is 4. The van der Waals surface area contributed by atoms with Crippen LogP contribution >= 0.6 is 0 Å². The Morgan fingerprint density at radius 1 is 0.978 bits per heavy atom. The van der Waals surface area contributed by atoms with E-state index in [1.54, 1.807) is 6.92 Å². The van der Waals surface area contributed by atoms with Gasteiger partial charge in [-0.3, -0.25) is 29.2 Å². The Hall–Kier alpha value is -4.80. The number of aliphatic imine (C=N–C) groups is 2. The van der Waals surface area contributed by atoms with E-state index in [0.29, 0.717) is 55.8 Å². The van der Waals surface area contributed by atoms with Gasteiger partial charge in [0.05, 0.1) is 40.5 Å². The first-order valence-corrected chi connectivity index (χ1v) is 15.8. The summed E-state index contributed by atoms with van der Waals surface area (Å²) < 4.78 is 8.88. The highest BCUT2D eigenvalue weighted by molar-refractivity contribution is 6.35. The quantitative estimate of drug-likeness (QED) is 0.285. The molecule has 0 saturated heterocycles. The summed E-state index contributed by atoms with van der Waals surface area (Å²) in [6, 6.07) is 0. The zero-order valence-electron chi connectivity index (χ0n) is 27.0. The van der Waals surface area contributed by atoms with Gasteiger partial charge in [-0.2, -0.15) is 0 Å². The van der Waals surface area contributed by atoms with Gasteiger partial charge in [-0.25, -0.2) is 14.9 Å². The summed E-state index contributed by atoms with van der Waals surface area (Å²) in [7, 11) is 1.26. The summed E-state index contributed by atoms with van der Waals surface area (Å²) in [6.45, 7) is 11.6. The zero-order chi connectivity index (χ0) is 32.9. The second-order valence-electron chi connectivity index (χ2n) is 13.0. The highest BCUT2D eigenvalue weighted by atomic mass is 16.5. The van der Waals surface area contributed by atoms with Crippen molar-refractivity contribution in [1.82, 2.24) is 9.35 Å². The molecule has 2 aromatic heterocycles. The SMILES string of the molecule is CC[C@H]1C2=NC(=Cc3c(C(C)=O)c(C)c4n3Nn3c(c(C)c5c3=C(C3=NC(=C4)[C@@H](C)C3CCC(=O)O)C(C(=O)OC)C5=O)=C2)[C@@H]1C. The van der Waals surface area contributed by atoms with Crippen molar-refractivity contribution in [2.24, 2.45) is 39.6 Å². The van der Waals surface area contributed by atoms with Gasteiger partial charge in [-0.05, 0) is 63.0 Å². The van der Waals surface area contributed by atoms with Crippen molar-refractivity contribution in [1.29, 1.82) is 0 Å². The number of aliphatic carboxylic acids is 1. The maximum Gasteiger partial charge on any atom is 0.321 e. The number of allylic oxidation sites excluding steroid dienone is 2. The summed E-state index contributed by atoms with van der Waals surface area (Å²) in [6.07, 6.45) is 6.95. The molecule has 5 atom stereocenters. The van der Waals surface area contributed by atoms with E-state index in [0.717, 1.165) is 23.4 Å². The van der Waals surface area contributed by atoms with Crippen LogP contribution in [0.1, 0.15) is 90.2 Å². The maximum absolute atomic E-state index is 14.4. The van der Waals surface area contributed by atoms with Crippen molar-refractivity contribution in [3.8, 4) is 0 Å². The van der Waals surface area contributed by atoms with E-state index in [9.17, 15) is 24.3 Å². The molecule has 2 N–H and O–H groups in total. The van der Waals surface area contributed by atoms with E-state index in [1.165, 1.54) is 7.11 Å². The average Bonchev–Trinajstić information content (AvgIpc) is 3.72. The van der Waals surface area contributed by atoms with Gasteiger partial charge in [0.25, 0.3) is 0 Å². The summed E-state index contributed by atoms with van der Waals surface area (Å²) in [4.78, 5) is 63.1. The second-order valence-corrected chi connectivity index (χ2v) is 13.0. The van der Waals surface area contributed by atoms with Gasteiger partial charge in [-0.1, -0.05) is 20.8 Å². The molecule has 4 aliphatic heterocycles. The van der Waals surface area contributed by atoms with Crippen LogP contribution in [0.15, 0.2) is 21.4 Å². The molecular weight excluding hydrogens is 586 g/mol. The number of aromatic nitrogens is 2. The average molecular weight is 624 g/mol. The molecule has 2 aromatic rings. The molecule has 6 heterocycles. The highest BCUT2D eigenvalue weighted by Gasteiger charge is 2.48. The van der Waals surface area contributed by atoms with Crippen molar-refractivity contribution in [2.45, 2.75) is 60.8 Å². The molecule has 238 valence electrons. The molecule has 2 unspecified atom stereocenters. The van der Waals surface area contributed by atoms with E-state index in [2.05, 4.69) is 19.4 Å². The Balaban J connectivity index is 1.69. The molecule has 0 fully saturated rings. The van der Waals surface area contributed by atoms with Crippen LogP contribution in [0.25, 0.3) is 23.8 Å². The number of carboxylic acids is 1. The van der Waals surface area contributed by atoms with Crippen molar-refractivity contribution >= 4 is 58.7 Å². The molecular formula is C35H37N5O6. The molecule has 0 radical (unpaired) electrons. The van der Waals surface area contributed by atoms with Gasteiger partial charge in [0.15, 0.2) is 11.6 Å². The van der Waals surface area contributed by atoms with E-state index < -0.39 is 17.9 Å². The smallest absolute Gasteiger partial charge is 0.321 e. The molecule has 5 aliphatic rings. The lowest BCUT2D eigenvalue weighted by atomic mass is 9.81. The van der Waals surface area contributed by atoms with Gasteiger partial charge in [0.2, 0.25) is 0 Å². The van der Waals surface area contributed by atoms with Crippen molar-refractivity contribution in [2.75, 3.05) is 12.6 Å². The molecule has 6 bridgehead atoms. The molecule has 0 saturated carbocycles. The molecule has 1 aliphatic carbocycles. The minimum Gasteiger partial charge on any atom is -0.481 e. The number of Topliss-reactive ketones (excluding diaryl/α,β-unsaturated/α-hetero) is 2. The summed E-state index contributed by atoms with van der Waals surface area (Å²) in [5.41, 5.74) is 10.7. The number of carbonyl (C=O) groups excluding carboxylic acids is 3. The topological polar surface area (TPSA) is 144 Å². The number of nitrogens with zero attached hydrogens (tertiary/aromatic N) is 4. The highest BCUT2D eigenvalue weighted by Crippen LogP contribution is 2.43. The fraction of sp³-hybridized carbons (Fsp3) is 0.429. The van der Waals surface area contributed by atoms with E-state index >= 15 is 0 Å². The number of fused-ring (bicyclic) bond motifs is 3. The Bertz CT molecular complexity index is 2070. The number of carboxylic acid groups (broad SMARTS) is 1. The number of methoxy groups -OCH3 is 1. The lowest BCUT2D eigenvalue weighted by Gasteiger charge is -2.21. The first-order chi connectivity index (χ1) is 21.9. The van der Waals surface area contributed by atoms with Crippen LogP contribution in [0, 0.1) is 43.4 Å². The molecule has 7 rings (SSSR count). The van der Waals surface area contributed by atoms with Crippen LogP contribution in [-0.4, -0.2) is 56.5 Å². The number of ketones is 2. The second kappa shape index (κ2) is 10.4. The number of rotatable bonds is 6. The Morgan fingerprint density at radius 3 is 2.30 bits per heavy atom. The largest absolute Gasteiger partial charge is 0.481 e. The molecule has 0 spiro atoms. The molecule has 11 nitrogen and oxygen atoms in total. The van der Waals surface area contributed by atoms with E-state index in [4.69, 9.17) is 14.7 Å². The van der Waals surface area contributed by atoms with E-state index in [-0.39, 0.29) is 48.1 Å². The standard InChI is InChI=1S/C35H37N5O6/c1-8-19-14(2)21-12-26-28(18(6)41)16(4)24-11-22-15(3)20(9-10-27(42)43)32(37-22)30-31(35(45)46-7)34(44)29-17(5)25(13-23(19)36-21)40(33(29)30)38-39(24)26/h11-15,19-20,31,38H,8-10H2,1-7H3,(H,42,43)/t14-,15+,19-,20?,31?/m1/s1. The third kappa shape index (κ3) is 3.96. The summed E-state index contributed by atoms with van der Waals surface area (Å²) in [5.74, 6) is -3.77. The number of esters is 1. The van der Waals surface area contributed by atoms with Crippen LogP contribution in [-0.2, 0) is 14.3 Å². The Labute approximate surface area is 265 Å².